The molecule has 3 aliphatic carbocycles. The molecule has 0 amide bonds. The molecule has 0 aliphatic heterocycles. The summed E-state index contributed by atoms with van der Waals surface area (Å²) in [5.74, 6) is 2.19. The van der Waals surface area contributed by atoms with Gasteiger partial charge in [0.1, 0.15) is 5.78 Å². The third-order valence-electron chi connectivity index (χ3n) is 6.02. The first-order valence-electron chi connectivity index (χ1n) is 8.51. The zero-order valence-corrected chi connectivity index (χ0v) is 13.9. The fraction of sp³-hybridized carbons (Fsp3) is 0.650. The lowest BCUT2D eigenvalue weighted by Crippen LogP contribution is -2.45. The molecule has 1 saturated carbocycles. The van der Waals surface area contributed by atoms with Crippen LogP contribution in [0.15, 0.2) is 34.9 Å². The number of carbonyl (C=O) groups excluding carboxylic acids is 1. The number of ketones is 1. The summed E-state index contributed by atoms with van der Waals surface area (Å²) in [6, 6.07) is 0. The van der Waals surface area contributed by atoms with Crippen LogP contribution >= 0.6 is 0 Å². The van der Waals surface area contributed by atoms with E-state index in [9.17, 15) is 4.79 Å². The van der Waals surface area contributed by atoms with Gasteiger partial charge in [0.05, 0.1) is 0 Å². The summed E-state index contributed by atoms with van der Waals surface area (Å²) >= 11 is 0. The summed E-state index contributed by atoms with van der Waals surface area (Å²) in [7, 11) is 0. The SMILES string of the molecule is C=C1CCC2=C3[C@H]1[C@@H](C=C(C)C)C(=O)[C@@H](C)[C@@H]3CC[C@H]2C. The van der Waals surface area contributed by atoms with E-state index >= 15 is 0 Å². The van der Waals surface area contributed by atoms with Gasteiger partial charge < -0.3 is 0 Å². The van der Waals surface area contributed by atoms with Crippen molar-refractivity contribution in [3.63, 3.8) is 0 Å². The van der Waals surface area contributed by atoms with Gasteiger partial charge in [-0.3, -0.25) is 4.79 Å². The Labute approximate surface area is 129 Å². The zero-order chi connectivity index (χ0) is 15.3. The van der Waals surface area contributed by atoms with Crippen LogP contribution < -0.4 is 0 Å². The molecule has 0 aromatic rings. The zero-order valence-electron chi connectivity index (χ0n) is 13.9. The Hall–Kier alpha value is -1.11. The summed E-state index contributed by atoms with van der Waals surface area (Å²) < 4.78 is 0. The van der Waals surface area contributed by atoms with E-state index in [1.165, 1.54) is 30.4 Å². The van der Waals surface area contributed by atoms with Crippen molar-refractivity contribution in [2.45, 2.75) is 53.4 Å². The Balaban J connectivity index is 2.15. The van der Waals surface area contributed by atoms with Gasteiger partial charge >= 0.3 is 0 Å². The van der Waals surface area contributed by atoms with Gasteiger partial charge in [0, 0.05) is 17.8 Å². The van der Waals surface area contributed by atoms with Crippen LogP contribution in [0.4, 0.5) is 0 Å². The molecule has 0 unspecified atom stereocenters. The van der Waals surface area contributed by atoms with Crippen molar-refractivity contribution in [3.05, 3.63) is 34.9 Å². The average molecular weight is 284 g/mol. The number of hydrogen-bond acceptors (Lipinski definition) is 1. The number of Topliss-reactive ketones (excluding diaryl/α,β-unsaturated/α-hetero) is 1. The molecule has 0 bridgehead atoms. The smallest absolute Gasteiger partial charge is 0.144 e. The van der Waals surface area contributed by atoms with E-state index in [4.69, 9.17) is 0 Å². The van der Waals surface area contributed by atoms with Gasteiger partial charge in [0.15, 0.2) is 0 Å². The Morgan fingerprint density at radius 3 is 2.57 bits per heavy atom. The van der Waals surface area contributed by atoms with Crippen LogP contribution in [0, 0.1) is 29.6 Å². The highest BCUT2D eigenvalue weighted by molar-refractivity contribution is 5.88. The minimum Gasteiger partial charge on any atom is -0.299 e. The van der Waals surface area contributed by atoms with E-state index in [-0.39, 0.29) is 11.8 Å². The molecule has 3 aliphatic rings. The van der Waals surface area contributed by atoms with Gasteiger partial charge in [0.25, 0.3) is 0 Å². The Bertz CT molecular complexity index is 544. The second kappa shape index (κ2) is 5.26. The molecule has 1 heteroatoms. The van der Waals surface area contributed by atoms with E-state index in [0.717, 1.165) is 6.42 Å². The lowest BCUT2D eigenvalue weighted by atomic mass is 9.54. The Morgan fingerprint density at radius 1 is 1.19 bits per heavy atom. The molecule has 0 aromatic carbocycles. The van der Waals surface area contributed by atoms with Crippen LogP contribution in [0.5, 0.6) is 0 Å². The van der Waals surface area contributed by atoms with Crippen molar-refractivity contribution in [3.8, 4) is 0 Å². The minimum atomic E-state index is 0.0457. The standard InChI is InChI=1S/C20H28O/c1-11(2)10-17-18-13(4)7-8-15-12(3)6-9-16(19(15)18)14(5)20(17)21/h10,12,14,16-18H,4,6-9H2,1-3,5H3/t12-,14+,16+,17-,18-/m1/s1. The van der Waals surface area contributed by atoms with E-state index < -0.39 is 0 Å². The van der Waals surface area contributed by atoms with Gasteiger partial charge in [-0.05, 0) is 51.4 Å². The Kier molecular flexibility index (Phi) is 3.71. The largest absolute Gasteiger partial charge is 0.299 e. The van der Waals surface area contributed by atoms with Crippen LogP contribution in [0.3, 0.4) is 0 Å². The van der Waals surface area contributed by atoms with Gasteiger partial charge in [-0.2, -0.15) is 0 Å². The summed E-state index contributed by atoms with van der Waals surface area (Å²) in [6.07, 6.45) is 6.92. The molecule has 114 valence electrons. The topological polar surface area (TPSA) is 17.1 Å². The van der Waals surface area contributed by atoms with E-state index in [1.54, 1.807) is 11.1 Å². The average Bonchev–Trinajstić information content (AvgIpc) is 2.43. The van der Waals surface area contributed by atoms with Crippen LogP contribution in [-0.4, -0.2) is 5.78 Å². The summed E-state index contributed by atoms with van der Waals surface area (Å²) in [5.41, 5.74) is 5.86. The first-order valence-corrected chi connectivity index (χ1v) is 8.51. The van der Waals surface area contributed by atoms with Crippen molar-refractivity contribution >= 4 is 5.78 Å². The molecular formula is C20H28O. The van der Waals surface area contributed by atoms with Gasteiger partial charge in [-0.1, -0.05) is 48.8 Å². The fourth-order valence-electron chi connectivity index (χ4n) is 4.94. The van der Waals surface area contributed by atoms with Crippen LogP contribution in [-0.2, 0) is 4.79 Å². The van der Waals surface area contributed by atoms with E-state index in [1.807, 2.05) is 0 Å². The molecule has 1 nitrogen and oxygen atoms in total. The highest BCUT2D eigenvalue weighted by atomic mass is 16.1. The highest BCUT2D eigenvalue weighted by Gasteiger charge is 2.48. The molecule has 0 saturated heterocycles. The highest BCUT2D eigenvalue weighted by Crippen LogP contribution is 2.55. The maximum atomic E-state index is 12.9. The van der Waals surface area contributed by atoms with Gasteiger partial charge in [-0.15, -0.1) is 0 Å². The van der Waals surface area contributed by atoms with Crippen LogP contribution in [0.2, 0.25) is 0 Å². The van der Waals surface area contributed by atoms with E-state index in [2.05, 4.69) is 40.3 Å². The molecule has 0 N–H and O–H groups in total. The van der Waals surface area contributed by atoms with Crippen molar-refractivity contribution in [2.75, 3.05) is 0 Å². The molecule has 0 heterocycles. The maximum Gasteiger partial charge on any atom is 0.144 e. The molecular weight excluding hydrogens is 256 g/mol. The van der Waals surface area contributed by atoms with E-state index in [0.29, 0.717) is 23.5 Å². The Morgan fingerprint density at radius 2 is 1.90 bits per heavy atom. The van der Waals surface area contributed by atoms with Crippen molar-refractivity contribution < 1.29 is 4.79 Å². The number of rotatable bonds is 1. The summed E-state index contributed by atoms with van der Waals surface area (Å²) in [4.78, 5) is 12.9. The second-order valence-corrected chi connectivity index (χ2v) is 7.66. The van der Waals surface area contributed by atoms with Gasteiger partial charge in [0.2, 0.25) is 0 Å². The molecule has 21 heavy (non-hydrogen) atoms. The molecule has 5 atom stereocenters. The number of hydrogen-bond donors (Lipinski definition) is 0. The molecule has 0 aromatic heterocycles. The minimum absolute atomic E-state index is 0.0457. The monoisotopic (exact) mass is 284 g/mol. The van der Waals surface area contributed by atoms with Crippen LogP contribution in [0.25, 0.3) is 0 Å². The number of carbonyl (C=O) groups is 1. The van der Waals surface area contributed by atoms with Crippen molar-refractivity contribution in [1.29, 1.82) is 0 Å². The lowest BCUT2D eigenvalue weighted by molar-refractivity contribution is -0.129. The van der Waals surface area contributed by atoms with Crippen molar-refractivity contribution in [2.24, 2.45) is 29.6 Å². The van der Waals surface area contributed by atoms with Crippen molar-refractivity contribution in [1.82, 2.24) is 0 Å². The fourth-order valence-corrected chi connectivity index (χ4v) is 4.94. The summed E-state index contributed by atoms with van der Waals surface area (Å²) in [6.45, 7) is 13.1. The quantitative estimate of drug-likeness (QED) is 0.612. The molecule has 0 radical (unpaired) electrons. The molecule has 1 fully saturated rings. The lowest BCUT2D eigenvalue weighted by Gasteiger charge is -2.49. The summed E-state index contributed by atoms with van der Waals surface area (Å²) in [5, 5.41) is 0. The second-order valence-electron chi connectivity index (χ2n) is 7.66. The number of allylic oxidation sites excluding steroid dienone is 5. The first-order chi connectivity index (χ1) is 9.91. The van der Waals surface area contributed by atoms with Gasteiger partial charge in [-0.25, -0.2) is 0 Å². The molecule has 3 rings (SSSR count). The third-order valence-corrected chi connectivity index (χ3v) is 6.02. The van der Waals surface area contributed by atoms with Crippen LogP contribution in [0.1, 0.15) is 53.4 Å². The normalized spacial score (nSPS) is 39.1. The molecule has 0 spiro atoms. The third kappa shape index (κ3) is 2.25. The predicted octanol–water partition coefficient (Wildman–Crippen LogP) is 5.10. The first kappa shape index (κ1) is 14.8. The predicted molar refractivity (Wildman–Crippen MR) is 87.9 cm³/mol. The maximum absolute atomic E-state index is 12.9.